The number of methoxy groups -OCH3 is 1. The lowest BCUT2D eigenvalue weighted by molar-refractivity contribution is -0.289. The lowest BCUT2D eigenvalue weighted by Gasteiger charge is -2.43. The normalized spacial score (nSPS) is 21.0. The largest absolute Gasteiger partial charge is 0.463 e. The van der Waals surface area contributed by atoms with Crippen molar-refractivity contribution in [2.24, 2.45) is 0 Å². The predicted molar refractivity (Wildman–Crippen MR) is 157 cm³/mol. The molecule has 1 fully saturated rings. The van der Waals surface area contributed by atoms with Crippen molar-refractivity contribution in [3.63, 3.8) is 0 Å². The topological polar surface area (TPSA) is 155 Å². The number of hydrogen-bond donors (Lipinski definition) is 0. The Bertz CT molecular complexity index is 1330. The molecule has 0 bridgehead atoms. The fraction of sp³-hybridized carbons (Fsp3) is 0.531. The standard InChI is InChI=1S/C32H41NO12/c1-18-14-19(2)33-31(26(18)15-25-10-8-24(9-11-25)12-13-39-17-38-7)45-32-30(43-23(6)37)29(42-22(5)36)28(41-21(4)35)27(44-32)16-40-20(3)34/h8-11,14,27-30,32H,12-13,15-17H2,1-7H3/t27-,28-,29+,30-,32+/m1/s1. The number of ether oxygens (including phenoxy) is 8. The lowest BCUT2D eigenvalue weighted by atomic mass is 9.97. The van der Waals surface area contributed by atoms with Crippen LogP contribution in [0.3, 0.4) is 0 Å². The Morgan fingerprint density at radius 1 is 0.822 bits per heavy atom. The van der Waals surface area contributed by atoms with E-state index in [-0.39, 0.29) is 19.3 Å². The maximum atomic E-state index is 12.2. The molecule has 13 nitrogen and oxygen atoms in total. The minimum Gasteiger partial charge on any atom is -0.463 e. The Hall–Kier alpha value is -4.07. The van der Waals surface area contributed by atoms with Gasteiger partial charge < -0.3 is 37.9 Å². The summed E-state index contributed by atoms with van der Waals surface area (Å²) in [6, 6.07) is 9.95. The molecule has 0 unspecified atom stereocenters. The molecule has 0 saturated carbocycles. The highest BCUT2D eigenvalue weighted by atomic mass is 16.7. The van der Waals surface area contributed by atoms with Gasteiger partial charge in [-0.25, -0.2) is 4.98 Å². The highest BCUT2D eigenvalue weighted by Crippen LogP contribution is 2.33. The monoisotopic (exact) mass is 631 g/mol. The number of carbonyl (C=O) groups excluding carboxylic acids is 4. The van der Waals surface area contributed by atoms with Crippen molar-refractivity contribution in [3.8, 4) is 5.88 Å². The molecule has 0 aliphatic carbocycles. The van der Waals surface area contributed by atoms with Crippen LogP contribution in [0.2, 0.25) is 0 Å². The first-order chi connectivity index (χ1) is 21.4. The Balaban J connectivity index is 1.97. The van der Waals surface area contributed by atoms with Crippen molar-refractivity contribution < 1.29 is 57.1 Å². The summed E-state index contributed by atoms with van der Waals surface area (Å²) in [6.45, 7) is 8.81. The molecule has 2 heterocycles. The van der Waals surface area contributed by atoms with Gasteiger partial charge in [0, 0.05) is 52.5 Å². The summed E-state index contributed by atoms with van der Waals surface area (Å²) in [7, 11) is 1.57. The predicted octanol–water partition coefficient (Wildman–Crippen LogP) is 2.91. The number of carbonyl (C=O) groups is 4. The van der Waals surface area contributed by atoms with Gasteiger partial charge in [-0.1, -0.05) is 24.3 Å². The highest BCUT2D eigenvalue weighted by molar-refractivity contribution is 5.68. The van der Waals surface area contributed by atoms with E-state index in [1.807, 2.05) is 37.3 Å². The second kappa shape index (κ2) is 16.8. The number of nitrogens with zero attached hydrogens (tertiary/aromatic N) is 1. The number of aryl methyl sites for hydroxylation is 2. The summed E-state index contributed by atoms with van der Waals surface area (Å²) in [4.78, 5) is 52.7. The first-order valence-corrected chi connectivity index (χ1v) is 14.5. The van der Waals surface area contributed by atoms with E-state index in [1.165, 1.54) is 13.8 Å². The van der Waals surface area contributed by atoms with Crippen LogP contribution in [0.25, 0.3) is 0 Å². The molecule has 5 atom stereocenters. The number of pyridine rings is 1. The molecule has 1 aliphatic rings. The third-order valence-corrected chi connectivity index (χ3v) is 6.75. The zero-order valence-electron chi connectivity index (χ0n) is 26.7. The molecular weight excluding hydrogens is 590 g/mol. The molecule has 45 heavy (non-hydrogen) atoms. The van der Waals surface area contributed by atoms with E-state index in [1.54, 1.807) is 14.0 Å². The Kier molecular flexibility index (Phi) is 13.3. The zero-order chi connectivity index (χ0) is 33.1. The maximum absolute atomic E-state index is 12.2. The van der Waals surface area contributed by atoms with Crippen LogP contribution in [0.4, 0.5) is 0 Å². The second-order valence-corrected chi connectivity index (χ2v) is 10.6. The van der Waals surface area contributed by atoms with Crippen molar-refractivity contribution in [1.29, 1.82) is 0 Å². The van der Waals surface area contributed by atoms with Gasteiger partial charge in [0.2, 0.25) is 18.3 Å². The van der Waals surface area contributed by atoms with Gasteiger partial charge in [-0.3, -0.25) is 19.2 Å². The van der Waals surface area contributed by atoms with Crippen LogP contribution in [0.5, 0.6) is 5.88 Å². The molecule has 1 aromatic carbocycles. The Labute approximate surface area is 262 Å². The summed E-state index contributed by atoms with van der Waals surface area (Å²) in [5.74, 6) is -2.60. The number of benzene rings is 1. The first-order valence-electron chi connectivity index (χ1n) is 14.5. The Morgan fingerprint density at radius 3 is 2.02 bits per heavy atom. The summed E-state index contributed by atoms with van der Waals surface area (Å²) >= 11 is 0. The van der Waals surface area contributed by atoms with E-state index >= 15 is 0 Å². The summed E-state index contributed by atoms with van der Waals surface area (Å²) in [6.07, 6.45) is -5.39. The van der Waals surface area contributed by atoms with Gasteiger partial charge in [-0.2, -0.15) is 0 Å². The zero-order valence-corrected chi connectivity index (χ0v) is 26.7. The molecule has 1 aliphatic heterocycles. The van der Waals surface area contributed by atoms with Crippen LogP contribution in [-0.4, -0.2) is 86.7 Å². The van der Waals surface area contributed by atoms with Gasteiger partial charge in [-0.15, -0.1) is 0 Å². The first kappa shape index (κ1) is 35.4. The summed E-state index contributed by atoms with van der Waals surface area (Å²) in [5.41, 5.74) is 4.37. The maximum Gasteiger partial charge on any atom is 0.303 e. The van der Waals surface area contributed by atoms with E-state index < -0.39 is 54.6 Å². The van der Waals surface area contributed by atoms with Crippen molar-refractivity contribution in [2.75, 3.05) is 27.1 Å². The van der Waals surface area contributed by atoms with Crippen molar-refractivity contribution >= 4 is 23.9 Å². The molecule has 13 heteroatoms. The molecule has 1 saturated heterocycles. The van der Waals surface area contributed by atoms with Gasteiger partial charge in [0.25, 0.3) is 0 Å². The molecule has 246 valence electrons. The van der Waals surface area contributed by atoms with Gasteiger partial charge in [-0.05, 0) is 43.0 Å². The summed E-state index contributed by atoms with van der Waals surface area (Å²) < 4.78 is 44.4. The van der Waals surface area contributed by atoms with Gasteiger partial charge in [0.15, 0.2) is 12.2 Å². The van der Waals surface area contributed by atoms with Crippen molar-refractivity contribution in [1.82, 2.24) is 4.98 Å². The molecule has 3 rings (SSSR count). The molecule has 0 radical (unpaired) electrons. The van der Waals surface area contributed by atoms with Gasteiger partial charge >= 0.3 is 23.9 Å². The fourth-order valence-corrected chi connectivity index (χ4v) is 4.90. The number of esters is 4. The van der Waals surface area contributed by atoms with Crippen LogP contribution >= 0.6 is 0 Å². The van der Waals surface area contributed by atoms with E-state index in [9.17, 15) is 19.2 Å². The minimum atomic E-state index is -1.40. The molecule has 2 aromatic rings. The fourth-order valence-electron chi connectivity index (χ4n) is 4.90. The molecule has 0 amide bonds. The number of hydrogen-bond acceptors (Lipinski definition) is 13. The highest BCUT2D eigenvalue weighted by Gasteiger charge is 2.53. The molecule has 1 aromatic heterocycles. The van der Waals surface area contributed by atoms with Crippen LogP contribution in [0.15, 0.2) is 30.3 Å². The Morgan fingerprint density at radius 2 is 1.42 bits per heavy atom. The second-order valence-electron chi connectivity index (χ2n) is 10.6. The third-order valence-electron chi connectivity index (χ3n) is 6.75. The molecular formula is C32H41NO12. The van der Waals surface area contributed by atoms with E-state index in [0.29, 0.717) is 18.7 Å². The van der Waals surface area contributed by atoms with Crippen LogP contribution in [0, 0.1) is 13.8 Å². The molecule has 0 spiro atoms. The van der Waals surface area contributed by atoms with E-state index in [0.717, 1.165) is 42.5 Å². The van der Waals surface area contributed by atoms with E-state index in [4.69, 9.17) is 37.9 Å². The summed E-state index contributed by atoms with van der Waals surface area (Å²) in [5, 5.41) is 0. The average molecular weight is 632 g/mol. The van der Waals surface area contributed by atoms with Crippen molar-refractivity contribution in [3.05, 3.63) is 58.3 Å². The van der Waals surface area contributed by atoms with Crippen LogP contribution in [0.1, 0.15) is 55.6 Å². The molecule has 0 N–H and O–H groups in total. The smallest absolute Gasteiger partial charge is 0.303 e. The van der Waals surface area contributed by atoms with Crippen LogP contribution < -0.4 is 4.74 Å². The SMILES string of the molecule is COCOCCc1ccc(Cc2c(C)cc(C)nc2O[C@@H]2O[C@H](COC(C)=O)[C@@H](OC(C)=O)[C@H](OC(C)=O)[C@H]2OC(C)=O)cc1. The van der Waals surface area contributed by atoms with Gasteiger partial charge in [0.05, 0.1) is 6.61 Å². The van der Waals surface area contributed by atoms with Crippen molar-refractivity contribution in [2.45, 2.75) is 85.1 Å². The minimum absolute atomic E-state index is 0.199. The van der Waals surface area contributed by atoms with Gasteiger partial charge in [0.1, 0.15) is 19.5 Å². The lowest BCUT2D eigenvalue weighted by Crippen LogP contribution is -2.63. The van der Waals surface area contributed by atoms with E-state index in [2.05, 4.69) is 4.98 Å². The van der Waals surface area contributed by atoms with Crippen LogP contribution in [-0.2, 0) is 65.2 Å². The third kappa shape index (κ3) is 10.8. The quantitative estimate of drug-likeness (QED) is 0.130. The average Bonchev–Trinajstić information content (AvgIpc) is 2.95. The number of rotatable bonds is 14. The number of aromatic nitrogens is 1.